The van der Waals surface area contributed by atoms with E-state index in [-0.39, 0.29) is 30.1 Å². The Labute approximate surface area is 172 Å². The molecule has 0 amide bonds. The third-order valence-corrected chi connectivity index (χ3v) is 3.60. The van der Waals surface area contributed by atoms with Crippen LogP contribution >= 0.6 is 24.0 Å². The van der Waals surface area contributed by atoms with E-state index >= 15 is 0 Å². The highest BCUT2D eigenvalue weighted by atomic mass is 127. The molecule has 2 aromatic rings. The Morgan fingerprint density at radius 1 is 1.27 bits per heavy atom. The molecule has 26 heavy (non-hydrogen) atoms. The first-order valence-electron chi connectivity index (χ1n) is 8.42. The number of hydrogen-bond donors (Lipinski definition) is 2. The van der Waals surface area contributed by atoms with Crippen LogP contribution in [0.2, 0.25) is 0 Å². The van der Waals surface area contributed by atoms with Crippen molar-refractivity contribution in [2.24, 2.45) is 12.0 Å². The Balaban J connectivity index is 0.00000338. The number of nitrogens with one attached hydrogen (secondary N) is 2. The molecule has 0 bridgehead atoms. The monoisotopic (exact) mass is 473 g/mol. The molecular weight excluding hydrogens is 445 g/mol. The number of guanidine groups is 1. The molecule has 0 aliphatic rings. The molecule has 1 aromatic heterocycles. The molecule has 1 unspecified atom stereocenters. The number of rotatable bonds is 8. The molecule has 0 saturated heterocycles. The van der Waals surface area contributed by atoms with Crippen LogP contribution in [0.15, 0.2) is 41.5 Å². The normalized spacial score (nSPS) is 12.1. The molecule has 2 rings (SSSR count). The van der Waals surface area contributed by atoms with Gasteiger partial charge in [0.25, 0.3) is 0 Å². The molecule has 0 aliphatic carbocycles. The van der Waals surface area contributed by atoms with Gasteiger partial charge in [-0.15, -0.1) is 24.0 Å². The second-order valence-electron chi connectivity index (χ2n) is 5.63. The molecule has 144 valence electrons. The van der Waals surface area contributed by atoms with E-state index in [1.54, 1.807) is 13.3 Å². The molecule has 0 radical (unpaired) electrons. The Hall–Kier alpha value is -1.97. The average molecular weight is 473 g/mol. The van der Waals surface area contributed by atoms with Crippen LogP contribution < -0.4 is 20.1 Å². The van der Waals surface area contributed by atoms with E-state index in [0.717, 1.165) is 29.7 Å². The van der Waals surface area contributed by atoms with Gasteiger partial charge in [0.2, 0.25) is 0 Å². The number of benzene rings is 1. The highest BCUT2D eigenvalue weighted by Crippen LogP contribution is 2.19. The van der Waals surface area contributed by atoms with Gasteiger partial charge in [-0.1, -0.05) is 6.07 Å². The summed E-state index contributed by atoms with van der Waals surface area (Å²) >= 11 is 0. The van der Waals surface area contributed by atoms with Crippen molar-refractivity contribution >= 4 is 29.9 Å². The summed E-state index contributed by atoms with van der Waals surface area (Å²) in [6.07, 6.45) is 1.75. The average Bonchev–Trinajstić information content (AvgIpc) is 3.02. The van der Waals surface area contributed by atoms with Gasteiger partial charge >= 0.3 is 0 Å². The van der Waals surface area contributed by atoms with Gasteiger partial charge in [-0.25, -0.2) is 4.99 Å². The zero-order valence-electron chi connectivity index (χ0n) is 15.7. The maximum Gasteiger partial charge on any atom is 0.191 e. The van der Waals surface area contributed by atoms with Crippen molar-refractivity contribution in [3.63, 3.8) is 0 Å². The molecule has 1 heterocycles. The van der Waals surface area contributed by atoms with Crippen LogP contribution in [0.1, 0.15) is 19.5 Å². The first-order chi connectivity index (χ1) is 12.1. The second-order valence-corrected chi connectivity index (χ2v) is 5.63. The number of hydrogen-bond acceptors (Lipinski definition) is 4. The number of aryl methyl sites for hydroxylation is 1. The van der Waals surface area contributed by atoms with Crippen molar-refractivity contribution in [1.29, 1.82) is 0 Å². The fraction of sp³-hybridized carbons (Fsp3) is 0.444. The Kier molecular flexibility index (Phi) is 9.85. The maximum absolute atomic E-state index is 5.92. The lowest BCUT2D eigenvalue weighted by molar-refractivity contribution is 0.223. The zero-order chi connectivity index (χ0) is 18.1. The van der Waals surface area contributed by atoms with Gasteiger partial charge < -0.3 is 20.1 Å². The highest BCUT2D eigenvalue weighted by Gasteiger charge is 2.07. The predicted molar refractivity (Wildman–Crippen MR) is 115 cm³/mol. The second kappa shape index (κ2) is 11.6. The SMILES string of the molecule is CCNC(=NCc1ccnn1C)NCC(C)Oc1cccc(OC)c1.I. The van der Waals surface area contributed by atoms with E-state index in [0.29, 0.717) is 13.1 Å². The fourth-order valence-corrected chi connectivity index (χ4v) is 2.25. The van der Waals surface area contributed by atoms with Crippen LogP contribution in [0.3, 0.4) is 0 Å². The van der Waals surface area contributed by atoms with Gasteiger partial charge in [-0.3, -0.25) is 4.68 Å². The standard InChI is InChI=1S/C18H27N5O2.HI/c1-5-19-18(21-13-15-9-10-22-23(15)3)20-12-14(2)25-17-8-6-7-16(11-17)24-4;/h6-11,14H,5,12-13H2,1-4H3,(H2,19,20,21);1H. The van der Waals surface area contributed by atoms with Gasteiger partial charge in [0.1, 0.15) is 17.6 Å². The summed E-state index contributed by atoms with van der Waals surface area (Å²) in [5.41, 5.74) is 1.05. The topological polar surface area (TPSA) is 72.7 Å². The molecule has 1 atom stereocenters. The summed E-state index contributed by atoms with van der Waals surface area (Å²) in [6.45, 7) is 6.04. The van der Waals surface area contributed by atoms with E-state index < -0.39 is 0 Å². The lowest BCUT2D eigenvalue weighted by Gasteiger charge is -2.18. The van der Waals surface area contributed by atoms with Gasteiger partial charge in [0.15, 0.2) is 5.96 Å². The number of nitrogens with zero attached hydrogens (tertiary/aromatic N) is 3. The van der Waals surface area contributed by atoms with Gasteiger partial charge in [-0.2, -0.15) is 5.10 Å². The van der Waals surface area contributed by atoms with Crippen molar-refractivity contribution in [3.05, 3.63) is 42.2 Å². The summed E-state index contributed by atoms with van der Waals surface area (Å²) in [7, 11) is 3.56. The summed E-state index contributed by atoms with van der Waals surface area (Å²) in [5.74, 6) is 2.32. The van der Waals surface area contributed by atoms with E-state index in [4.69, 9.17) is 9.47 Å². The minimum Gasteiger partial charge on any atom is -0.497 e. The van der Waals surface area contributed by atoms with Crippen molar-refractivity contribution in [3.8, 4) is 11.5 Å². The van der Waals surface area contributed by atoms with Crippen LogP contribution in [-0.4, -0.2) is 42.0 Å². The summed E-state index contributed by atoms with van der Waals surface area (Å²) in [4.78, 5) is 4.58. The lowest BCUT2D eigenvalue weighted by Crippen LogP contribution is -2.41. The maximum atomic E-state index is 5.92. The predicted octanol–water partition coefficient (Wildman–Crippen LogP) is 2.57. The molecule has 0 spiro atoms. The zero-order valence-corrected chi connectivity index (χ0v) is 18.1. The summed E-state index contributed by atoms with van der Waals surface area (Å²) < 4.78 is 12.9. The van der Waals surface area contributed by atoms with Crippen LogP contribution in [0, 0.1) is 0 Å². The Bertz CT molecular complexity index is 690. The molecule has 7 nitrogen and oxygen atoms in total. The minimum atomic E-state index is -0.0207. The van der Waals surface area contributed by atoms with Gasteiger partial charge in [0, 0.05) is 25.9 Å². The molecular formula is C18H28IN5O2. The molecule has 0 saturated carbocycles. The van der Waals surface area contributed by atoms with Crippen molar-refractivity contribution in [2.45, 2.75) is 26.5 Å². The first kappa shape index (κ1) is 22.1. The number of halogens is 1. The largest absolute Gasteiger partial charge is 0.497 e. The number of aliphatic imine (C=N–C) groups is 1. The molecule has 1 aromatic carbocycles. The Morgan fingerprint density at radius 2 is 2.04 bits per heavy atom. The first-order valence-corrected chi connectivity index (χ1v) is 8.42. The van der Waals surface area contributed by atoms with E-state index in [1.165, 1.54) is 0 Å². The van der Waals surface area contributed by atoms with Gasteiger partial charge in [-0.05, 0) is 32.0 Å². The van der Waals surface area contributed by atoms with E-state index in [2.05, 4.69) is 20.7 Å². The Morgan fingerprint density at radius 3 is 2.69 bits per heavy atom. The third-order valence-electron chi connectivity index (χ3n) is 3.60. The van der Waals surface area contributed by atoms with Crippen molar-refractivity contribution < 1.29 is 9.47 Å². The third kappa shape index (κ3) is 7.11. The molecule has 2 N–H and O–H groups in total. The van der Waals surface area contributed by atoms with E-state index in [1.807, 2.05) is 55.9 Å². The smallest absolute Gasteiger partial charge is 0.191 e. The lowest BCUT2D eigenvalue weighted by atomic mass is 10.3. The fourth-order valence-electron chi connectivity index (χ4n) is 2.25. The van der Waals surface area contributed by atoms with Crippen LogP contribution in [-0.2, 0) is 13.6 Å². The molecule has 0 aliphatic heterocycles. The van der Waals surface area contributed by atoms with Gasteiger partial charge in [0.05, 0.1) is 25.9 Å². The number of aromatic nitrogens is 2. The number of ether oxygens (including phenoxy) is 2. The van der Waals surface area contributed by atoms with Crippen LogP contribution in [0.4, 0.5) is 0 Å². The van der Waals surface area contributed by atoms with E-state index in [9.17, 15) is 0 Å². The molecule has 8 heteroatoms. The minimum absolute atomic E-state index is 0. The van der Waals surface area contributed by atoms with Crippen LogP contribution in [0.25, 0.3) is 0 Å². The van der Waals surface area contributed by atoms with Crippen molar-refractivity contribution in [2.75, 3.05) is 20.2 Å². The highest BCUT2D eigenvalue weighted by molar-refractivity contribution is 14.0. The van der Waals surface area contributed by atoms with Crippen LogP contribution in [0.5, 0.6) is 11.5 Å². The van der Waals surface area contributed by atoms with Crippen molar-refractivity contribution in [1.82, 2.24) is 20.4 Å². The summed E-state index contributed by atoms with van der Waals surface area (Å²) in [6, 6.07) is 9.55. The number of methoxy groups -OCH3 is 1. The quantitative estimate of drug-likeness (QED) is 0.351. The molecule has 0 fully saturated rings. The summed E-state index contributed by atoms with van der Waals surface area (Å²) in [5, 5.41) is 10.7.